The summed E-state index contributed by atoms with van der Waals surface area (Å²) in [6.45, 7) is 12.7. The van der Waals surface area contributed by atoms with Crippen LogP contribution in [0.4, 0.5) is 8.78 Å². The lowest BCUT2D eigenvalue weighted by molar-refractivity contribution is 0.00578. The molecule has 1 aliphatic heterocycles. The summed E-state index contributed by atoms with van der Waals surface area (Å²) >= 11 is 0. The zero-order chi connectivity index (χ0) is 25.9. The van der Waals surface area contributed by atoms with Crippen molar-refractivity contribution in [2.24, 2.45) is 0 Å². The minimum absolute atomic E-state index is 0.180. The first-order valence-electron chi connectivity index (χ1n) is 13.1. The SMILES string of the molecule is CCCC1(CCC)c2cc(B3OC(C)(C)C(C)(C)O3)ccc2-c2ccc(-c3ccc(F)cc3F)cc21. The predicted octanol–water partition coefficient (Wildman–Crippen LogP) is 7.80. The summed E-state index contributed by atoms with van der Waals surface area (Å²) in [5.74, 6) is -1.10. The Hall–Kier alpha value is -2.50. The third-order valence-corrected chi connectivity index (χ3v) is 8.51. The lowest BCUT2D eigenvalue weighted by atomic mass is 9.69. The zero-order valence-corrected chi connectivity index (χ0v) is 22.2. The molecule has 1 heterocycles. The lowest BCUT2D eigenvalue weighted by Crippen LogP contribution is -2.41. The van der Waals surface area contributed by atoms with Crippen LogP contribution in [0.5, 0.6) is 0 Å². The lowest BCUT2D eigenvalue weighted by Gasteiger charge is -2.32. The van der Waals surface area contributed by atoms with Gasteiger partial charge < -0.3 is 9.31 Å². The Kier molecular flexibility index (Phi) is 6.16. The molecule has 2 aliphatic rings. The van der Waals surface area contributed by atoms with Crippen LogP contribution < -0.4 is 5.46 Å². The van der Waals surface area contributed by atoms with Crippen molar-refractivity contribution >= 4 is 12.6 Å². The highest BCUT2D eigenvalue weighted by atomic mass is 19.1. The molecule has 3 aromatic carbocycles. The maximum Gasteiger partial charge on any atom is 0.494 e. The van der Waals surface area contributed by atoms with Gasteiger partial charge in [-0.2, -0.15) is 0 Å². The molecule has 0 bridgehead atoms. The summed E-state index contributed by atoms with van der Waals surface area (Å²) in [6, 6.07) is 16.6. The van der Waals surface area contributed by atoms with Crippen LogP contribution in [0, 0.1) is 11.6 Å². The topological polar surface area (TPSA) is 18.5 Å². The van der Waals surface area contributed by atoms with Gasteiger partial charge in [-0.1, -0.05) is 57.0 Å². The van der Waals surface area contributed by atoms with Gasteiger partial charge in [0.25, 0.3) is 0 Å². The van der Waals surface area contributed by atoms with Crippen molar-refractivity contribution in [3.63, 3.8) is 0 Å². The van der Waals surface area contributed by atoms with Crippen LogP contribution >= 0.6 is 0 Å². The first-order chi connectivity index (χ1) is 17.0. The molecule has 2 nitrogen and oxygen atoms in total. The van der Waals surface area contributed by atoms with Gasteiger partial charge in [0.15, 0.2) is 0 Å². The molecule has 0 amide bonds. The highest BCUT2D eigenvalue weighted by molar-refractivity contribution is 6.62. The summed E-state index contributed by atoms with van der Waals surface area (Å²) in [5, 5.41) is 0. The average molecular weight is 488 g/mol. The Bertz CT molecular complexity index is 1290. The fourth-order valence-electron chi connectivity index (χ4n) is 6.05. The molecule has 188 valence electrons. The van der Waals surface area contributed by atoms with Gasteiger partial charge >= 0.3 is 7.12 Å². The van der Waals surface area contributed by atoms with Gasteiger partial charge in [-0.3, -0.25) is 0 Å². The van der Waals surface area contributed by atoms with Gasteiger partial charge in [0.1, 0.15) is 11.6 Å². The van der Waals surface area contributed by atoms with Crippen LogP contribution in [0.15, 0.2) is 54.6 Å². The maximum atomic E-state index is 14.7. The standard InChI is InChI=1S/C31H35BF2O2/c1-7-15-31(16-8-2)26-17-20(23-14-11-22(33)19-28(23)34)9-12-24(26)25-13-10-21(18-27(25)31)32-35-29(3,4)30(5,6)36-32/h9-14,17-19H,7-8,15-16H2,1-6H3. The highest BCUT2D eigenvalue weighted by Crippen LogP contribution is 2.54. The molecule has 1 aliphatic carbocycles. The predicted molar refractivity (Wildman–Crippen MR) is 144 cm³/mol. The van der Waals surface area contributed by atoms with E-state index in [1.54, 1.807) is 0 Å². The Morgan fingerprint density at radius 2 is 1.25 bits per heavy atom. The molecule has 0 unspecified atom stereocenters. The molecule has 3 aromatic rings. The second kappa shape index (κ2) is 8.81. The normalized spacial score (nSPS) is 18.8. The van der Waals surface area contributed by atoms with Crippen LogP contribution in [-0.2, 0) is 14.7 Å². The van der Waals surface area contributed by atoms with Gasteiger partial charge in [-0.25, -0.2) is 8.78 Å². The Morgan fingerprint density at radius 3 is 1.83 bits per heavy atom. The first-order valence-corrected chi connectivity index (χ1v) is 13.1. The first kappa shape index (κ1) is 25.2. The smallest absolute Gasteiger partial charge is 0.399 e. The third-order valence-electron chi connectivity index (χ3n) is 8.51. The number of halogens is 2. The second-order valence-electron chi connectivity index (χ2n) is 11.4. The molecule has 36 heavy (non-hydrogen) atoms. The molecule has 0 radical (unpaired) electrons. The van der Waals surface area contributed by atoms with E-state index < -0.39 is 30.0 Å². The molecule has 5 heteroatoms. The van der Waals surface area contributed by atoms with Gasteiger partial charge in [-0.15, -0.1) is 0 Å². The van der Waals surface area contributed by atoms with Crippen LogP contribution in [-0.4, -0.2) is 18.3 Å². The number of hydrogen-bond donors (Lipinski definition) is 0. The van der Waals surface area contributed by atoms with E-state index in [0.29, 0.717) is 5.56 Å². The number of rotatable bonds is 6. The molecular weight excluding hydrogens is 453 g/mol. The highest BCUT2D eigenvalue weighted by Gasteiger charge is 2.52. The summed E-state index contributed by atoms with van der Waals surface area (Å²) in [4.78, 5) is 0. The van der Waals surface area contributed by atoms with Crippen molar-refractivity contribution in [1.82, 2.24) is 0 Å². The van der Waals surface area contributed by atoms with Crippen molar-refractivity contribution in [2.45, 2.75) is 83.8 Å². The fourth-order valence-corrected chi connectivity index (χ4v) is 6.05. The van der Waals surface area contributed by atoms with E-state index in [-0.39, 0.29) is 5.41 Å². The van der Waals surface area contributed by atoms with Crippen LogP contribution in [0.1, 0.15) is 78.4 Å². The number of fused-ring (bicyclic) bond motifs is 3. The Morgan fingerprint density at radius 1 is 0.694 bits per heavy atom. The van der Waals surface area contributed by atoms with Crippen molar-refractivity contribution in [3.8, 4) is 22.3 Å². The molecule has 1 fully saturated rings. The number of hydrogen-bond acceptors (Lipinski definition) is 2. The molecule has 1 saturated heterocycles. The summed E-state index contributed by atoms with van der Waals surface area (Å²) in [5.41, 5.74) is 6.18. The molecule has 5 rings (SSSR count). The molecule has 0 atom stereocenters. The average Bonchev–Trinajstić information content (AvgIpc) is 3.20. The Labute approximate surface area is 214 Å². The Balaban J connectivity index is 1.65. The molecule has 0 spiro atoms. The van der Waals surface area contributed by atoms with Gasteiger partial charge in [0.2, 0.25) is 0 Å². The minimum Gasteiger partial charge on any atom is -0.399 e. The number of benzene rings is 3. The maximum absolute atomic E-state index is 14.7. The van der Waals surface area contributed by atoms with Gasteiger partial charge in [0, 0.05) is 17.0 Å². The molecule has 0 aromatic heterocycles. The van der Waals surface area contributed by atoms with E-state index in [0.717, 1.165) is 42.8 Å². The van der Waals surface area contributed by atoms with Crippen molar-refractivity contribution in [1.29, 1.82) is 0 Å². The van der Waals surface area contributed by atoms with Gasteiger partial charge in [0.05, 0.1) is 11.2 Å². The minimum atomic E-state index is -0.564. The largest absolute Gasteiger partial charge is 0.494 e. The van der Waals surface area contributed by atoms with Crippen LogP contribution in [0.2, 0.25) is 0 Å². The zero-order valence-electron chi connectivity index (χ0n) is 22.2. The second-order valence-corrected chi connectivity index (χ2v) is 11.4. The van der Waals surface area contributed by atoms with E-state index in [9.17, 15) is 8.78 Å². The van der Waals surface area contributed by atoms with E-state index in [4.69, 9.17) is 9.31 Å². The van der Waals surface area contributed by atoms with Gasteiger partial charge in [-0.05, 0) is 92.0 Å². The monoisotopic (exact) mass is 488 g/mol. The van der Waals surface area contributed by atoms with Crippen molar-refractivity contribution in [2.75, 3.05) is 0 Å². The summed E-state index contributed by atoms with van der Waals surface area (Å²) in [6.07, 6.45) is 4.02. The summed E-state index contributed by atoms with van der Waals surface area (Å²) < 4.78 is 41.1. The van der Waals surface area contributed by atoms with Crippen LogP contribution in [0.3, 0.4) is 0 Å². The fraction of sp³-hybridized carbons (Fsp3) is 0.419. The molecule has 0 saturated carbocycles. The third kappa shape index (κ3) is 3.83. The van der Waals surface area contributed by atoms with E-state index >= 15 is 0 Å². The van der Waals surface area contributed by atoms with Crippen LogP contribution in [0.25, 0.3) is 22.3 Å². The quantitative estimate of drug-likeness (QED) is 0.330. The van der Waals surface area contributed by atoms with E-state index in [1.807, 2.05) is 6.07 Å². The summed E-state index contributed by atoms with van der Waals surface area (Å²) in [7, 11) is -0.422. The van der Waals surface area contributed by atoms with Crippen molar-refractivity contribution in [3.05, 3.63) is 77.4 Å². The van der Waals surface area contributed by atoms with E-state index in [2.05, 4.69) is 71.9 Å². The van der Waals surface area contributed by atoms with Crippen molar-refractivity contribution < 1.29 is 18.1 Å². The molecule has 0 N–H and O–H groups in total. The van der Waals surface area contributed by atoms with E-state index in [1.165, 1.54) is 34.4 Å². The molecular formula is C31H35BF2O2.